The second-order valence-corrected chi connectivity index (χ2v) is 8.72. The van der Waals surface area contributed by atoms with Gasteiger partial charge in [-0.25, -0.2) is 0 Å². The lowest BCUT2D eigenvalue weighted by molar-refractivity contribution is 0.415. The molecule has 1 nitrogen and oxygen atoms in total. The highest BCUT2D eigenvalue weighted by Gasteiger charge is 2.19. The Morgan fingerprint density at radius 3 is 1.79 bits per heavy atom. The highest BCUT2D eigenvalue weighted by atomic mass is 79.9. The van der Waals surface area contributed by atoms with Crippen LogP contribution in [0, 0.1) is 3.82 Å². The van der Waals surface area contributed by atoms with Gasteiger partial charge in [0.25, 0.3) is 0 Å². The smallest absolute Gasteiger partial charge is 0.118 e. The third kappa shape index (κ3) is 3.68. The summed E-state index contributed by atoms with van der Waals surface area (Å²) in [5, 5.41) is 0. The maximum absolute atomic E-state index is 5.73. The summed E-state index contributed by atoms with van der Waals surface area (Å²) in [5.74, 6) is 0.842. The topological polar surface area (TPSA) is 9.23 Å². The zero-order chi connectivity index (χ0) is 19.5. The Labute approximate surface area is 182 Å². The summed E-state index contributed by atoms with van der Waals surface area (Å²) in [4.78, 5) is 1.15. The fourth-order valence-corrected chi connectivity index (χ4v) is 5.19. The molecule has 4 heteroatoms. The lowest BCUT2D eigenvalue weighted by Gasteiger charge is -2.17. The molecule has 4 rings (SSSR count). The number of methoxy groups -OCH3 is 1. The van der Waals surface area contributed by atoms with Crippen LogP contribution >= 0.6 is 39.5 Å². The number of hydrogen-bond acceptors (Lipinski definition) is 3. The number of benzene rings is 3. The molecule has 0 N–H and O–H groups in total. The van der Waals surface area contributed by atoms with Crippen LogP contribution in [0.4, 0.5) is 0 Å². The maximum atomic E-state index is 5.73. The van der Waals surface area contributed by atoms with Gasteiger partial charge in [-0.05, 0) is 56.9 Å². The first-order valence-corrected chi connectivity index (χ1v) is 10.8. The van der Waals surface area contributed by atoms with E-state index in [1.807, 2.05) is 24.3 Å². The van der Waals surface area contributed by atoms with Crippen LogP contribution in [0.3, 0.4) is 0 Å². The molecular formula is C24H17BrOS2. The minimum absolute atomic E-state index is 0.837. The standard InChI is InChI=1S/C24H17BrOS2/c1-26-19-14-12-18(13-15-19)23-21(17-10-6-3-7-11-17)20(22(25)24(27)28-23)16-8-4-2-5-9-16/h2-15H,1H3. The van der Waals surface area contributed by atoms with Crippen LogP contribution in [0.1, 0.15) is 0 Å². The molecule has 4 aromatic rings. The Morgan fingerprint density at radius 2 is 1.25 bits per heavy atom. The second kappa shape index (κ2) is 8.39. The van der Waals surface area contributed by atoms with Crippen LogP contribution in [0.25, 0.3) is 32.7 Å². The van der Waals surface area contributed by atoms with Crippen molar-refractivity contribution in [2.24, 2.45) is 0 Å². The van der Waals surface area contributed by atoms with Gasteiger partial charge < -0.3 is 4.74 Å². The molecule has 0 radical (unpaired) electrons. The predicted octanol–water partition coefficient (Wildman–Crippen LogP) is 8.25. The minimum Gasteiger partial charge on any atom is -0.497 e. The molecule has 28 heavy (non-hydrogen) atoms. The van der Waals surface area contributed by atoms with E-state index in [9.17, 15) is 0 Å². The van der Waals surface area contributed by atoms with Crippen LogP contribution in [-0.2, 0) is 0 Å². The molecule has 0 aliphatic heterocycles. The zero-order valence-electron chi connectivity index (χ0n) is 15.2. The molecule has 138 valence electrons. The number of halogens is 1. The van der Waals surface area contributed by atoms with Gasteiger partial charge in [-0.1, -0.05) is 72.9 Å². The molecular weight excluding hydrogens is 448 g/mol. The quantitative estimate of drug-likeness (QED) is 0.281. The van der Waals surface area contributed by atoms with Gasteiger partial charge >= 0.3 is 0 Å². The van der Waals surface area contributed by atoms with Gasteiger partial charge in [-0.2, -0.15) is 0 Å². The van der Waals surface area contributed by atoms with Crippen molar-refractivity contribution in [2.75, 3.05) is 7.11 Å². The summed E-state index contributed by atoms with van der Waals surface area (Å²) in [6, 6.07) is 29.1. The monoisotopic (exact) mass is 464 g/mol. The third-order valence-corrected chi connectivity index (χ3v) is 7.35. The van der Waals surface area contributed by atoms with E-state index < -0.39 is 0 Å². The van der Waals surface area contributed by atoms with Crippen molar-refractivity contribution in [2.45, 2.75) is 0 Å². The maximum Gasteiger partial charge on any atom is 0.118 e. The Bertz CT molecular complexity index is 1150. The average molecular weight is 465 g/mol. The van der Waals surface area contributed by atoms with E-state index >= 15 is 0 Å². The Balaban J connectivity index is 2.08. The molecule has 0 unspecified atom stereocenters. The van der Waals surface area contributed by atoms with E-state index in [1.54, 1.807) is 18.4 Å². The van der Waals surface area contributed by atoms with Crippen LogP contribution < -0.4 is 4.74 Å². The van der Waals surface area contributed by atoms with Crippen molar-refractivity contribution >= 4 is 39.5 Å². The summed E-state index contributed by atoms with van der Waals surface area (Å²) in [7, 11) is 1.68. The molecule has 0 spiro atoms. The van der Waals surface area contributed by atoms with E-state index in [2.05, 4.69) is 76.6 Å². The molecule has 0 saturated heterocycles. The van der Waals surface area contributed by atoms with Crippen molar-refractivity contribution in [3.05, 3.63) is 93.2 Å². The van der Waals surface area contributed by atoms with E-state index in [0.717, 1.165) is 35.6 Å². The molecule has 3 aromatic carbocycles. The average Bonchev–Trinajstić information content (AvgIpc) is 2.76. The number of ether oxygens (including phenoxy) is 1. The SMILES string of the molecule is COc1ccc(-c2sc(=S)c(Br)c(-c3ccccc3)c2-c2ccccc2)cc1. The van der Waals surface area contributed by atoms with Gasteiger partial charge in [0.2, 0.25) is 0 Å². The predicted molar refractivity (Wildman–Crippen MR) is 126 cm³/mol. The van der Waals surface area contributed by atoms with Crippen molar-refractivity contribution < 1.29 is 4.74 Å². The molecule has 1 heterocycles. The first kappa shape index (κ1) is 19.1. The Morgan fingerprint density at radius 1 is 0.714 bits per heavy atom. The van der Waals surface area contributed by atoms with Crippen molar-refractivity contribution in [1.82, 2.24) is 0 Å². The van der Waals surface area contributed by atoms with Gasteiger partial charge in [-0.3, -0.25) is 0 Å². The fourth-order valence-electron chi connectivity index (χ4n) is 3.22. The fraction of sp³-hybridized carbons (Fsp3) is 0.0417. The first-order chi connectivity index (χ1) is 13.7. The minimum atomic E-state index is 0.837. The third-order valence-electron chi connectivity index (χ3n) is 4.55. The Kier molecular flexibility index (Phi) is 5.72. The molecule has 0 saturated carbocycles. The van der Waals surface area contributed by atoms with Crippen LogP contribution in [0.15, 0.2) is 89.4 Å². The molecule has 0 amide bonds. The molecule has 0 atom stereocenters. The molecule has 0 bridgehead atoms. The van der Waals surface area contributed by atoms with E-state index in [0.29, 0.717) is 0 Å². The molecule has 0 fully saturated rings. The van der Waals surface area contributed by atoms with Crippen molar-refractivity contribution in [1.29, 1.82) is 0 Å². The lowest BCUT2D eigenvalue weighted by Crippen LogP contribution is -1.91. The summed E-state index contributed by atoms with van der Waals surface area (Å²) >= 11 is 11.1. The number of hydrogen-bond donors (Lipinski definition) is 0. The highest BCUT2D eigenvalue weighted by molar-refractivity contribution is 9.10. The molecule has 1 aromatic heterocycles. The van der Waals surface area contributed by atoms with Gasteiger partial charge in [0.1, 0.15) is 9.57 Å². The molecule has 0 aliphatic rings. The van der Waals surface area contributed by atoms with Crippen molar-refractivity contribution in [3.63, 3.8) is 0 Å². The van der Waals surface area contributed by atoms with E-state index in [1.165, 1.54) is 11.1 Å². The van der Waals surface area contributed by atoms with Gasteiger partial charge in [-0.15, -0.1) is 11.3 Å². The lowest BCUT2D eigenvalue weighted by atomic mass is 9.93. The Hall–Kier alpha value is -2.27. The van der Waals surface area contributed by atoms with Gasteiger partial charge in [0.15, 0.2) is 0 Å². The summed E-state index contributed by atoms with van der Waals surface area (Å²) in [6.07, 6.45) is 0. The summed E-state index contributed by atoms with van der Waals surface area (Å²) < 4.78 is 7.14. The van der Waals surface area contributed by atoms with E-state index in [4.69, 9.17) is 17.0 Å². The highest BCUT2D eigenvalue weighted by Crippen LogP contribution is 2.47. The normalized spacial score (nSPS) is 10.6. The van der Waals surface area contributed by atoms with Gasteiger partial charge in [0.05, 0.1) is 11.6 Å². The van der Waals surface area contributed by atoms with Crippen LogP contribution in [-0.4, -0.2) is 7.11 Å². The van der Waals surface area contributed by atoms with Crippen molar-refractivity contribution in [3.8, 4) is 38.4 Å². The van der Waals surface area contributed by atoms with Crippen LogP contribution in [0.5, 0.6) is 5.75 Å². The zero-order valence-corrected chi connectivity index (χ0v) is 18.4. The number of rotatable bonds is 4. The largest absolute Gasteiger partial charge is 0.497 e. The van der Waals surface area contributed by atoms with E-state index in [-0.39, 0.29) is 0 Å². The summed E-state index contributed by atoms with van der Waals surface area (Å²) in [6.45, 7) is 0. The first-order valence-electron chi connectivity index (χ1n) is 8.81. The van der Waals surface area contributed by atoms with Crippen LogP contribution in [0.2, 0.25) is 0 Å². The molecule has 0 aliphatic carbocycles. The van der Waals surface area contributed by atoms with Gasteiger partial charge in [0, 0.05) is 16.0 Å². The second-order valence-electron chi connectivity index (χ2n) is 6.24. The summed E-state index contributed by atoms with van der Waals surface area (Å²) in [5.41, 5.74) is 5.74.